The third-order valence-electron chi connectivity index (χ3n) is 3.41. The molecule has 1 aromatic heterocycles. The van der Waals surface area contributed by atoms with Gasteiger partial charge in [0.05, 0.1) is 0 Å². The van der Waals surface area contributed by atoms with Crippen LogP contribution in [-0.2, 0) is 11.2 Å². The maximum absolute atomic E-state index is 12.2. The summed E-state index contributed by atoms with van der Waals surface area (Å²) in [7, 11) is 0. The fraction of sp³-hybridized carbons (Fsp3) is 0.333. The highest BCUT2D eigenvalue weighted by molar-refractivity contribution is 5.94. The van der Waals surface area contributed by atoms with Gasteiger partial charge < -0.3 is 10.1 Å². The van der Waals surface area contributed by atoms with Crippen LogP contribution in [0.2, 0.25) is 0 Å². The summed E-state index contributed by atoms with van der Waals surface area (Å²) in [6.45, 7) is 4.13. The monoisotopic (exact) mass is 271 g/mol. The van der Waals surface area contributed by atoms with Crippen molar-refractivity contribution in [2.24, 2.45) is 0 Å². The molecule has 1 aliphatic heterocycles. The number of H-pyrrole nitrogens is 1. The Morgan fingerprint density at radius 2 is 2.25 bits per heavy atom. The van der Waals surface area contributed by atoms with E-state index in [1.807, 2.05) is 30.3 Å². The Kier molecular flexibility index (Phi) is 3.18. The van der Waals surface area contributed by atoms with Crippen LogP contribution in [0.3, 0.4) is 0 Å². The Bertz CT molecular complexity index is 609. The second-order valence-electron chi connectivity index (χ2n) is 5.27. The third kappa shape index (κ3) is 2.39. The summed E-state index contributed by atoms with van der Waals surface area (Å²) < 4.78 is 5.65. The van der Waals surface area contributed by atoms with Crippen LogP contribution < -0.4 is 10.1 Å². The first-order valence-electron chi connectivity index (χ1n) is 6.74. The van der Waals surface area contributed by atoms with Crippen LogP contribution in [0.4, 0.5) is 5.82 Å². The van der Waals surface area contributed by atoms with Gasteiger partial charge in [-0.05, 0) is 17.5 Å². The lowest BCUT2D eigenvalue weighted by atomic mass is 10.1. The van der Waals surface area contributed by atoms with Gasteiger partial charge in [0.25, 0.3) is 5.91 Å². The van der Waals surface area contributed by atoms with Crippen LogP contribution in [0.1, 0.15) is 31.0 Å². The van der Waals surface area contributed by atoms with Crippen LogP contribution >= 0.6 is 0 Å². The minimum absolute atomic E-state index is 0.164. The van der Waals surface area contributed by atoms with E-state index in [1.165, 1.54) is 0 Å². The van der Waals surface area contributed by atoms with Gasteiger partial charge in [0.2, 0.25) is 0 Å². The molecule has 0 saturated carbocycles. The normalized spacial score (nSPS) is 16.9. The van der Waals surface area contributed by atoms with Gasteiger partial charge in [-0.2, -0.15) is 5.10 Å². The van der Waals surface area contributed by atoms with E-state index in [4.69, 9.17) is 4.74 Å². The summed E-state index contributed by atoms with van der Waals surface area (Å²) >= 11 is 0. The van der Waals surface area contributed by atoms with E-state index in [-0.39, 0.29) is 5.91 Å². The maximum atomic E-state index is 12.2. The minimum Gasteiger partial charge on any atom is -0.480 e. The molecule has 0 unspecified atom stereocenters. The molecule has 5 nitrogen and oxygen atoms in total. The van der Waals surface area contributed by atoms with Crippen molar-refractivity contribution in [3.05, 3.63) is 41.6 Å². The summed E-state index contributed by atoms with van der Waals surface area (Å²) in [6.07, 6.45) is 0.121. The molecule has 1 aromatic carbocycles. The Hall–Kier alpha value is -2.30. The highest BCUT2D eigenvalue weighted by Gasteiger charge is 2.29. The predicted molar refractivity (Wildman–Crippen MR) is 75.9 cm³/mol. The van der Waals surface area contributed by atoms with Crippen LogP contribution in [-0.4, -0.2) is 22.2 Å². The van der Waals surface area contributed by atoms with Crippen molar-refractivity contribution in [1.29, 1.82) is 0 Å². The standard InChI is InChI=1S/C15H17N3O2/c1-9(2)11-8-14(18-17-11)16-15(19)13-7-10-5-3-4-6-12(10)20-13/h3-6,8-9,13H,7H2,1-2H3,(H2,16,17,18,19)/t13-/m1/s1. The van der Waals surface area contributed by atoms with Gasteiger partial charge >= 0.3 is 0 Å². The zero-order valence-corrected chi connectivity index (χ0v) is 11.5. The largest absolute Gasteiger partial charge is 0.480 e. The number of nitrogens with one attached hydrogen (secondary N) is 2. The lowest BCUT2D eigenvalue weighted by molar-refractivity contribution is -0.122. The van der Waals surface area contributed by atoms with Crippen molar-refractivity contribution in [1.82, 2.24) is 10.2 Å². The molecule has 0 bridgehead atoms. The number of anilines is 1. The van der Waals surface area contributed by atoms with Crippen molar-refractivity contribution in [2.75, 3.05) is 5.32 Å². The Labute approximate surface area is 117 Å². The number of rotatable bonds is 3. The molecule has 0 spiro atoms. The molecule has 0 radical (unpaired) electrons. The SMILES string of the molecule is CC(C)c1cc(NC(=O)[C@H]2Cc3ccccc3O2)n[nH]1. The van der Waals surface area contributed by atoms with Gasteiger partial charge in [0, 0.05) is 18.2 Å². The number of aromatic nitrogens is 2. The fourth-order valence-electron chi connectivity index (χ4n) is 2.23. The number of carbonyl (C=O) groups is 1. The lowest BCUT2D eigenvalue weighted by Crippen LogP contribution is -2.31. The second kappa shape index (κ2) is 5.00. The fourth-order valence-corrected chi connectivity index (χ4v) is 2.23. The molecule has 0 saturated heterocycles. The van der Waals surface area contributed by atoms with Crippen molar-refractivity contribution in [3.8, 4) is 5.75 Å². The average molecular weight is 271 g/mol. The van der Waals surface area contributed by atoms with Gasteiger partial charge in [-0.3, -0.25) is 9.89 Å². The molecular weight excluding hydrogens is 254 g/mol. The summed E-state index contributed by atoms with van der Waals surface area (Å²) in [5.74, 6) is 1.51. The molecule has 20 heavy (non-hydrogen) atoms. The summed E-state index contributed by atoms with van der Waals surface area (Å²) in [5.41, 5.74) is 2.06. The number of hydrogen-bond donors (Lipinski definition) is 2. The predicted octanol–water partition coefficient (Wildman–Crippen LogP) is 2.48. The van der Waals surface area contributed by atoms with Gasteiger partial charge in [-0.25, -0.2) is 0 Å². The number of amides is 1. The molecule has 2 aromatic rings. The van der Waals surface area contributed by atoms with E-state index in [1.54, 1.807) is 0 Å². The Balaban J connectivity index is 1.66. The Morgan fingerprint density at radius 3 is 2.95 bits per heavy atom. The van der Waals surface area contributed by atoms with E-state index in [2.05, 4.69) is 29.4 Å². The molecule has 2 N–H and O–H groups in total. The molecule has 2 heterocycles. The van der Waals surface area contributed by atoms with E-state index in [9.17, 15) is 4.79 Å². The zero-order chi connectivity index (χ0) is 14.1. The first kappa shape index (κ1) is 12.7. The molecule has 0 aliphatic carbocycles. The third-order valence-corrected chi connectivity index (χ3v) is 3.41. The van der Waals surface area contributed by atoms with E-state index in [0.29, 0.717) is 18.2 Å². The van der Waals surface area contributed by atoms with Crippen LogP contribution in [0.15, 0.2) is 30.3 Å². The number of ether oxygens (including phenoxy) is 1. The van der Waals surface area contributed by atoms with Gasteiger partial charge in [0.15, 0.2) is 11.9 Å². The first-order valence-corrected chi connectivity index (χ1v) is 6.74. The number of carbonyl (C=O) groups excluding carboxylic acids is 1. The van der Waals surface area contributed by atoms with Crippen LogP contribution in [0.25, 0.3) is 0 Å². The van der Waals surface area contributed by atoms with E-state index in [0.717, 1.165) is 17.0 Å². The van der Waals surface area contributed by atoms with Crippen LogP contribution in [0.5, 0.6) is 5.75 Å². The zero-order valence-electron chi connectivity index (χ0n) is 11.5. The highest BCUT2D eigenvalue weighted by Crippen LogP contribution is 2.28. The molecular formula is C15H17N3O2. The quantitative estimate of drug-likeness (QED) is 0.901. The molecule has 1 aliphatic rings. The van der Waals surface area contributed by atoms with E-state index >= 15 is 0 Å². The average Bonchev–Trinajstić information content (AvgIpc) is 3.04. The van der Waals surface area contributed by atoms with Gasteiger partial charge in [-0.1, -0.05) is 32.0 Å². The number of hydrogen-bond acceptors (Lipinski definition) is 3. The van der Waals surface area contributed by atoms with Gasteiger partial charge in [0.1, 0.15) is 5.75 Å². The van der Waals surface area contributed by atoms with E-state index < -0.39 is 6.10 Å². The van der Waals surface area contributed by atoms with Crippen LogP contribution in [0, 0.1) is 0 Å². The summed E-state index contributed by atoms with van der Waals surface area (Å²) in [4.78, 5) is 12.2. The highest BCUT2D eigenvalue weighted by atomic mass is 16.5. The molecule has 5 heteroatoms. The number of nitrogens with zero attached hydrogens (tertiary/aromatic N) is 1. The summed E-state index contributed by atoms with van der Waals surface area (Å²) in [6, 6.07) is 9.57. The van der Waals surface area contributed by atoms with Crippen molar-refractivity contribution in [2.45, 2.75) is 32.3 Å². The molecule has 104 valence electrons. The molecule has 1 atom stereocenters. The smallest absolute Gasteiger partial charge is 0.266 e. The van der Waals surface area contributed by atoms with Crippen molar-refractivity contribution >= 4 is 11.7 Å². The number of benzene rings is 1. The topological polar surface area (TPSA) is 67.0 Å². The summed E-state index contributed by atoms with van der Waals surface area (Å²) in [5, 5.41) is 9.79. The molecule has 1 amide bonds. The number of fused-ring (bicyclic) bond motifs is 1. The molecule has 0 fully saturated rings. The van der Waals surface area contributed by atoms with Crippen molar-refractivity contribution in [3.63, 3.8) is 0 Å². The Morgan fingerprint density at radius 1 is 1.45 bits per heavy atom. The van der Waals surface area contributed by atoms with Gasteiger partial charge in [-0.15, -0.1) is 0 Å². The number of para-hydroxylation sites is 1. The lowest BCUT2D eigenvalue weighted by Gasteiger charge is -2.09. The number of aromatic amines is 1. The maximum Gasteiger partial charge on any atom is 0.266 e. The van der Waals surface area contributed by atoms with Crippen molar-refractivity contribution < 1.29 is 9.53 Å². The minimum atomic E-state index is -0.480. The molecule has 3 rings (SSSR count). The second-order valence-corrected chi connectivity index (χ2v) is 5.27. The first-order chi connectivity index (χ1) is 9.63.